The van der Waals surface area contributed by atoms with Crippen LogP contribution in [-0.2, 0) is 17.8 Å². The van der Waals surface area contributed by atoms with Crippen molar-refractivity contribution in [1.82, 2.24) is 29.1 Å². The molecule has 1 aromatic carbocycles. The van der Waals surface area contributed by atoms with Crippen molar-refractivity contribution in [2.45, 2.75) is 60.5 Å². The summed E-state index contributed by atoms with van der Waals surface area (Å²) in [5.41, 5.74) is 3.12. The van der Waals surface area contributed by atoms with Gasteiger partial charge in [0.15, 0.2) is 11.5 Å². The molecule has 13 heteroatoms. The lowest BCUT2D eigenvalue weighted by Gasteiger charge is -2.27. The standard InChI is InChI=1S/C36H43N9O4/c1-7-42(8-2)34-39-22-29(43(9-3)32(46)25-16-19-37-20-17-25)30(41-34)40-27(33(47)48)21-24-12-14-26(15-13-24)45-31-28(11-10-18-38-31)44(35(45)49)23-36(4,5)6/h10-20,22,27H,7-9,21,23H2,1-6H3,(H,47,48)(H,39,40,41)/t27-/m0/s1. The number of amides is 1. The number of benzene rings is 1. The fraction of sp³-hybridized carbons (Fsp3) is 0.361. The lowest BCUT2D eigenvalue weighted by Crippen LogP contribution is -2.36. The topological polar surface area (TPSA) is 151 Å². The lowest BCUT2D eigenvalue weighted by atomic mass is 9.97. The van der Waals surface area contributed by atoms with Gasteiger partial charge in [-0.25, -0.2) is 24.1 Å². The summed E-state index contributed by atoms with van der Waals surface area (Å²) < 4.78 is 3.32. The molecule has 13 nitrogen and oxygen atoms in total. The minimum absolute atomic E-state index is 0.100. The Kier molecular flexibility index (Phi) is 10.4. The first-order valence-electron chi connectivity index (χ1n) is 16.4. The highest BCUT2D eigenvalue weighted by molar-refractivity contribution is 6.07. The third-order valence-electron chi connectivity index (χ3n) is 8.15. The SMILES string of the molecule is CCN(CC)c1ncc(N(CC)C(=O)c2ccncc2)c(N[C@@H](Cc2ccc(-n3c(=O)n(CC(C)(C)C)c4cccnc43)cc2)C(=O)O)n1. The van der Waals surface area contributed by atoms with Crippen LogP contribution in [0, 0.1) is 5.41 Å². The second-order valence-corrected chi connectivity index (χ2v) is 12.9. The molecule has 256 valence electrons. The van der Waals surface area contributed by atoms with Crippen molar-refractivity contribution < 1.29 is 14.7 Å². The molecule has 1 atom stereocenters. The predicted molar refractivity (Wildman–Crippen MR) is 191 cm³/mol. The summed E-state index contributed by atoms with van der Waals surface area (Å²) in [5.74, 6) is -0.730. The quantitative estimate of drug-likeness (QED) is 0.175. The second kappa shape index (κ2) is 14.7. The van der Waals surface area contributed by atoms with E-state index in [4.69, 9.17) is 4.98 Å². The Morgan fingerprint density at radius 3 is 2.24 bits per heavy atom. The molecule has 0 unspecified atom stereocenters. The Labute approximate surface area is 285 Å². The normalized spacial score (nSPS) is 12.1. The zero-order chi connectivity index (χ0) is 35.3. The summed E-state index contributed by atoms with van der Waals surface area (Å²) in [6.07, 6.45) is 6.41. The minimum Gasteiger partial charge on any atom is -0.480 e. The van der Waals surface area contributed by atoms with E-state index in [2.05, 4.69) is 41.0 Å². The molecular formula is C36H43N9O4. The maximum atomic E-state index is 13.6. The van der Waals surface area contributed by atoms with Gasteiger partial charge in [0.1, 0.15) is 11.7 Å². The number of rotatable bonds is 13. The number of pyridine rings is 2. The van der Waals surface area contributed by atoms with Gasteiger partial charge < -0.3 is 20.2 Å². The predicted octanol–water partition coefficient (Wildman–Crippen LogP) is 5.04. The van der Waals surface area contributed by atoms with E-state index in [0.29, 0.717) is 54.7 Å². The van der Waals surface area contributed by atoms with Crippen LogP contribution in [0.4, 0.5) is 17.5 Å². The molecule has 0 aliphatic heterocycles. The van der Waals surface area contributed by atoms with Crippen LogP contribution < -0.4 is 20.8 Å². The van der Waals surface area contributed by atoms with E-state index >= 15 is 0 Å². The number of carbonyl (C=O) groups excluding carboxylic acids is 1. The zero-order valence-electron chi connectivity index (χ0n) is 28.8. The molecule has 0 spiro atoms. The van der Waals surface area contributed by atoms with E-state index in [-0.39, 0.29) is 29.3 Å². The molecule has 0 aliphatic carbocycles. The molecule has 0 radical (unpaired) electrons. The van der Waals surface area contributed by atoms with Gasteiger partial charge in [0, 0.05) is 56.8 Å². The van der Waals surface area contributed by atoms with Crippen molar-refractivity contribution in [2.24, 2.45) is 5.41 Å². The summed E-state index contributed by atoms with van der Waals surface area (Å²) in [7, 11) is 0. The molecule has 2 N–H and O–H groups in total. The van der Waals surface area contributed by atoms with Gasteiger partial charge in [-0.2, -0.15) is 4.98 Å². The second-order valence-electron chi connectivity index (χ2n) is 12.9. The van der Waals surface area contributed by atoms with Crippen LogP contribution in [0.15, 0.2) is 78.1 Å². The Balaban J connectivity index is 1.47. The average molecular weight is 666 g/mol. The zero-order valence-corrected chi connectivity index (χ0v) is 28.8. The fourth-order valence-corrected chi connectivity index (χ4v) is 5.73. The van der Waals surface area contributed by atoms with Crippen LogP contribution in [0.2, 0.25) is 0 Å². The fourth-order valence-electron chi connectivity index (χ4n) is 5.73. The van der Waals surface area contributed by atoms with Gasteiger partial charge in [-0.05, 0) is 68.1 Å². The summed E-state index contributed by atoms with van der Waals surface area (Å²) in [4.78, 5) is 61.1. The molecule has 0 aliphatic rings. The van der Waals surface area contributed by atoms with E-state index in [1.807, 2.05) is 49.9 Å². The first-order valence-corrected chi connectivity index (χ1v) is 16.4. The van der Waals surface area contributed by atoms with Crippen molar-refractivity contribution in [3.8, 4) is 5.69 Å². The first kappa shape index (κ1) is 34.7. The Morgan fingerprint density at radius 2 is 1.63 bits per heavy atom. The number of hydrogen-bond donors (Lipinski definition) is 2. The number of carboxylic acid groups (broad SMARTS) is 1. The molecule has 4 heterocycles. The summed E-state index contributed by atoms with van der Waals surface area (Å²) in [6, 6.07) is 13.1. The highest BCUT2D eigenvalue weighted by atomic mass is 16.4. The van der Waals surface area contributed by atoms with Gasteiger partial charge >= 0.3 is 11.7 Å². The Bertz CT molecular complexity index is 1980. The Morgan fingerprint density at radius 1 is 0.939 bits per heavy atom. The summed E-state index contributed by atoms with van der Waals surface area (Å²) >= 11 is 0. The number of carboxylic acids is 1. The van der Waals surface area contributed by atoms with E-state index < -0.39 is 12.0 Å². The number of anilines is 3. The number of nitrogens with one attached hydrogen (secondary N) is 1. The van der Waals surface area contributed by atoms with Gasteiger partial charge in [-0.3, -0.25) is 14.3 Å². The number of fused-ring (bicyclic) bond motifs is 1. The third kappa shape index (κ3) is 7.61. The van der Waals surface area contributed by atoms with Crippen LogP contribution in [0.3, 0.4) is 0 Å². The Hall–Kier alpha value is -5.59. The van der Waals surface area contributed by atoms with Gasteiger partial charge in [-0.15, -0.1) is 0 Å². The smallest absolute Gasteiger partial charge is 0.334 e. The number of imidazole rings is 1. The van der Waals surface area contributed by atoms with Crippen molar-refractivity contribution in [3.63, 3.8) is 0 Å². The van der Waals surface area contributed by atoms with Crippen molar-refractivity contribution in [2.75, 3.05) is 34.8 Å². The molecule has 0 saturated heterocycles. The number of carbonyl (C=O) groups is 2. The summed E-state index contributed by atoms with van der Waals surface area (Å²) in [5, 5.41) is 13.5. The van der Waals surface area contributed by atoms with Gasteiger partial charge in [0.05, 0.1) is 17.4 Å². The van der Waals surface area contributed by atoms with E-state index in [1.165, 1.54) is 4.90 Å². The average Bonchev–Trinajstić information content (AvgIpc) is 3.36. The minimum atomic E-state index is -1.10. The molecule has 0 saturated carbocycles. The van der Waals surface area contributed by atoms with Crippen LogP contribution in [0.25, 0.3) is 16.9 Å². The molecule has 5 rings (SSSR count). The molecular weight excluding hydrogens is 622 g/mol. The van der Waals surface area contributed by atoms with Crippen LogP contribution in [-0.4, -0.2) is 71.7 Å². The van der Waals surface area contributed by atoms with Crippen LogP contribution in [0.1, 0.15) is 57.5 Å². The number of aliphatic carboxylic acids is 1. The molecule has 4 aromatic heterocycles. The largest absolute Gasteiger partial charge is 0.480 e. The van der Waals surface area contributed by atoms with Gasteiger partial charge in [-0.1, -0.05) is 32.9 Å². The van der Waals surface area contributed by atoms with Crippen molar-refractivity contribution in [1.29, 1.82) is 0 Å². The van der Waals surface area contributed by atoms with Crippen LogP contribution >= 0.6 is 0 Å². The maximum Gasteiger partial charge on any atom is 0.334 e. The lowest BCUT2D eigenvalue weighted by molar-refractivity contribution is -0.137. The first-order chi connectivity index (χ1) is 23.4. The molecule has 49 heavy (non-hydrogen) atoms. The van der Waals surface area contributed by atoms with E-state index in [0.717, 1.165) is 11.1 Å². The number of aromatic nitrogens is 6. The molecule has 1 amide bonds. The van der Waals surface area contributed by atoms with Crippen molar-refractivity contribution >= 4 is 40.5 Å². The van der Waals surface area contributed by atoms with Gasteiger partial charge in [0.2, 0.25) is 5.95 Å². The molecule has 0 fully saturated rings. The highest BCUT2D eigenvalue weighted by Gasteiger charge is 2.26. The third-order valence-corrected chi connectivity index (χ3v) is 8.15. The highest BCUT2D eigenvalue weighted by Crippen LogP contribution is 2.29. The van der Waals surface area contributed by atoms with Gasteiger partial charge in [0.25, 0.3) is 5.91 Å². The molecule has 5 aromatic rings. The molecule has 0 bridgehead atoms. The monoisotopic (exact) mass is 665 g/mol. The maximum absolute atomic E-state index is 13.6. The van der Waals surface area contributed by atoms with Crippen molar-refractivity contribution in [3.05, 3.63) is 94.9 Å². The number of hydrogen-bond acceptors (Lipinski definition) is 9. The summed E-state index contributed by atoms with van der Waals surface area (Å²) in [6.45, 7) is 14.1. The van der Waals surface area contributed by atoms with E-state index in [1.54, 1.807) is 58.2 Å². The number of nitrogens with zero attached hydrogens (tertiary/aromatic N) is 8. The van der Waals surface area contributed by atoms with Crippen LogP contribution in [0.5, 0.6) is 0 Å². The van der Waals surface area contributed by atoms with E-state index in [9.17, 15) is 19.5 Å².